The van der Waals surface area contributed by atoms with Gasteiger partial charge in [0.05, 0.1) is 0 Å². The Morgan fingerprint density at radius 3 is 2.38 bits per heavy atom. The molecule has 0 aromatic carbocycles. The Morgan fingerprint density at radius 2 is 1.86 bits per heavy atom. The minimum Gasteiger partial charge on any atom is -0.370 e. The maximum Gasteiger partial charge on any atom is 0.451 e. The van der Waals surface area contributed by atoms with Gasteiger partial charge in [-0.25, -0.2) is 9.97 Å². The first kappa shape index (κ1) is 15.9. The average Bonchev–Trinajstić information content (AvgIpc) is 2.36. The largest absolute Gasteiger partial charge is 0.451 e. The van der Waals surface area contributed by atoms with Crippen molar-refractivity contribution in [3.05, 3.63) is 11.9 Å². The van der Waals surface area contributed by atoms with E-state index < -0.39 is 12.0 Å². The second kappa shape index (κ2) is 6.07. The van der Waals surface area contributed by atoms with Crippen LogP contribution in [0.15, 0.2) is 6.07 Å². The number of alkyl halides is 3. The number of nitrogens with zero attached hydrogens (tertiary/aromatic N) is 3. The van der Waals surface area contributed by atoms with Crippen molar-refractivity contribution in [2.45, 2.75) is 33.4 Å². The fourth-order valence-corrected chi connectivity index (χ4v) is 2.84. The van der Waals surface area contributed by atoms with Gasteiger partial charge >= 0.3 is 6.18 Å². The standard InChI is InChI=1S/C14H21F3N4/c1-4-18-11-6-12(20-13(19-11)14(15,16)17)21-7-9(2)5-10(3)8-21/h6,9-10H,4-5,7-8H2,1-3H3,(H,18,19,20). The molecule has 1 aliphatic rings. The van der Waals surface area contributed by atoms with Crippen molar-refractivity contribution in [3.63, 3.8) is 0 Å². The Labute approximate surface area is 122 Å². The topological polar surface area (TPSA) is 41.0 Å². The van der Waals surface area contributed by atoms with Gasteiger partial charge in [-0.15, -0.1) is 0 Å². The van der Waals surface area contributed by atoms with Crippen LogP contribution < -0.4 is 10.2 Å². The highest BCUT2D eigenvalue weighted by Crippen LogP contribution is 2.31. The van der Waals surface area contributed by atoms with Crippen LogP contribution in [-0.4, -0.2) is 29.6 Å². The molecule has 2 atom stereocenters. The predicted octanol–water partition coefficient (Wildman–Crippen LogP) is 3.41. The summed E-state index contributed by atoms with van der Waals surface area (Å²) in [6.07, 6.45) is -3.44. The van der Waals surface area contributed by atoms with E-state index in [0.717, 1.165) is 19.5 Å². The van der Waals surface area contributed by atoms with Gasteiger partial charge in [0.1, 0.15) is 11.6 Å². The average molecular weight is 302 g/mol. The molecule has 1 saturated heterocycles. The van der Waals surface area contributed by atoms with E-state index in [2.05, 4.69) is 29.1 Å². The quantitative estimate of drug-likeness (QED) is 0.929. The summed E-state index contributed by atoms with van der Waals surface area (Å²) >= 11 is 0. The van der Waals surface area contributed by atoms with E-state index in [-0.39, 0.29) is 5.82 Å². The molecule has 0 bridgehead atoms. The van der Waals surface area contributed by atoms with Gasteiger partial charge in [-0.3, -0.25) is 0 Å². The molecule has 0 saturated carbocycles. The van der Waals surface area contributed by atoms with Crippen LogP contribution in [0, 0.1) is 11.8 Å². The molecule has 0 amide bonds. The minimum absolute atomic E-state index is 0.223. The van der Waals surface area contributed by atoms with Gasteiger partial charge in [0.2, 0.25) is 5.82 Å². The molecule has 118 valence electrons. The lowest BCUT2D eigenvalue weighted by Gasteiger charge is -2.36. The summed E-state index contributed by atoms with van der Waals surface area (Å²) < 4.78 is 38.8. The zero-order chi connectivity index (χ0) is 15.6. The smallest absolute Gasteiger partial charge is 0.370 e. The molecule has 1 fully saturated rings. The van der Waals surface area contributed by atoms with Gasteiger partial charge in [-0.05, 0) is 25.2 Å². The van der Waals surface area contributed by atoms with Gasteiger partial charge < -0.3 is 10.2 Å². The molecular formula is C14H21F3N4. The molecule has 0 aliphatic carbocycles. The number of anilines is 2. The lowest BCUT2D eigenvalue weighted by molar-refractivity contribution is -0.144. The Bertz CT molecular complexity index is 480. The highest BCUT2D eigenvalue weighted by molar-refractivity contribution is 5.50. The summed E-state index contributed by atoms with van der Waals surface area (Å²) in [6.45, 7) is 8.01. The van der Waals surface area contributed by atoms with E-state index in [4.69, 9.17) is 0 Å². The van der Waals surface area contributed by atoms with Gasteiger partial charge in [-0.1, -0.05) is 13.8 Å². The van der Waals surface area contributed by atoms with Crippen LogP contribution in [0.2, 0.25) is 0 Å². The zero-order valence-electron chi connectivity index (χ0n) is 12.5. The molecule has 2 unspecified atom stereocenters. The number of aromatic nitrogens is 2. The zero-order valence-corrected chi connectivity index (χ0v) is 12.5. The van der Waals surface area contributed by atoms with E-state index in [1.165, 1.54) is 0 Å². The van der Waals surface area contributed by atoms with E-state index in [1.807, 2.05) is 11.8 Å². The van der Waals surface area contributed by atoms with Crippen molar-refractivity contribution < 1.29 is 13.2 Å². The highest BCUT2D eigenvalue weighted by atomic mass is 19.4. The molecule has 0 spiro atoms. The second-order valence-electron chi connectivity index (χ2n) is 5.81. The first-order chi connectivity index (χ1) is 9.79. The Balaban J connectivity index is 2.35. The molecule has 1 N–H and O–H groups in total. The third-order valence-electron chi connectivity index (χ3n) is 3.52. The van der Waals surface area contributed by atoms with Crippen LogP contribution >= 0.6 is 0 Å². The Morgan fingerprint density at radius 1 is 1.24 bits per heavy atom. The van der Waals surface area contributed by atoms with E-state index in [9.17, 15) is 13.2 Å². The van der Waals surface area contributed by atoms with Crippen LogP contribution in [0.1, 0.15) is 33.0 Å². The fraction of sp³-hybridized carbons (Fsp3) is 0.714. The second-order valence-corrected chi connectivity index (χ2v) is 5.81. The van der Waals surface area contributed by atoms with E-state index >= 15 is 0 Å². The lowest BCUT2D eigenvalue weighted by Crippen LogP contribution is -2.39. The number of nitrogens with one attached hydrogen (secondary N) is 1. The van der Waals surface area contributed by atoms with Crippen molar-refractivity contribution in [2.24, 2.45) is 11.8 Å². The summed E-state index contributed by atoms with van der Waals surface area (Å²) in [4.78, 5) is 9.21. The summed E-state index contributed by atoms with van der Waals surface area (Å²) in [5, 5.41) is 2.84. The van der Waals surface area contributed by atoms with Crippen LogP contribution in [0.4, 0.5) is 24.8 Å². The first-order valence-corrected chi connectivity index (χ1v) is 7.24. The van der Waals surface area contributed by atoms with Crippen molar-refractivity contribution in [3.8, 4) is 0 Å². The number of piperidine rings is 1. The number of hydrogen-bond donors (Lipinski definition) is 1. The van der Waals surface area contributed by atoms with Gasteiger partial charge in [0, 0.05) is 25.7 Å². The van der Waals surface area contributed by atoms with Crippen molar-refractivity contribution in [1.82, 2.24) is 9.97 Å². The maximum absolute atomic E-state index is 12.9. The van der Waals surface area contributed by atoms with E-state index in [1.54, 1.807) is 6.07 Å². The summed E-state index contributed by atoms with van der Waals surface area (Å²) in [5.41, 5.74) is 0. The van der Waals surface area contributed by atoms with Crippen LogP contribution in [0.5, 0.6) is 0 Å². The van der Waals surface area contributed by atoms with Gasteiger partial charge in [0.15, 0.2) is 0 Å². The number of rotatable bonds is 3. The molecule has 4 nitrogen and oxygen atoms in total. The minimum atomic E-state index is -4.53. The van der Waals surface area contributed by atoms with Gasteiger partial charge in [-0.2, -0.15) is 13.2 Å². The van der Waals surface area contributed by atoms with Gasteiger partial charge in [0.25, 0.3) is 0 Å². The molecular weight excluding hydrogens is 281 g/mol. The summed E-state index contributed by atoms with van der Waals surface area (Å²) in [5.74, 6) is 0.385. The normalized spacial score (nSPS) is 23.2. The molecule has 2 heterocycles. The third kappa shape index (κ3) is 3.98. The molecule has 21 heavy (non-hydrogen) atoms. The van der Waals surface area contributed by atoms with Crippen molar-refractivity contribution >= 4 is 11.6 Å². The summed E-state index contributed by atoms with van der Waals surface area (Å²) in [6, 6.07) is 1.60. The molecule has 2 rings (SSSR count). The van der Waals surface area contributed by atoms with E-state index in [0.29, 0.717) is 24.2 Å². The molecule has 1 aliphatic heterocycles. The predicted molar refractivity (Wildman–Crippen MR) is 76.4 cm³/mol. The van der Waals surface area contributed by atoms with Crippen molar-refractivity contribution in [1.29, 1.82) is 0 Å². The summed E-state index contributed by atoms with van der Waals surface area (Å²) in [7, 11) is 0. The molecule has 1 aromatic rings. The molecule has 0 radical (unpaired) electrons. The first-order valence-electron chi connectivity index (χ1n) is 7.24. The fourth-order valence-electron chi connectivity index (χ4n) is 2.84. The maximum atomic E-state index is 12.9. The third-order valence-corrected chi connectivity index (χ3v) is 3.52. The van der Waals surface area contributed by atoms with Crippen LogP contribution in [0.3, 0.4) is 0 Å². The highest BCUT2D eigenvalue weighted by Gasteiger charge is 2.36. The molecule has 1 aromatic heterocycles. The van der Waals surface area contributed by atoms with Crippen molar-refractivity contribution in [2.75, 3.05) is 29.9 Å². The number of hydrogen-bond acceptors (Lipinski definition) is 4. The Hall–Kier alpha value is -1.53. The van der Waals surface area contributed by atoms with Crippen LogP contribution in [0.25, 0.3) is 0 Å². The monoisotopic (exact) mass is 302 g/mol. The number of halogens is 3. The SMILES string of the molecule is CCNc1cc(N2CC(C)CC(C)C2)nc(C(F)(F)F)n1. The van der Waals surface area contributed by atoms with Crippen LogP contribution in [-0.2, 0) is 6.18 Å². The Kier molecular flexibility index (Phi) is 4.58. The molecule has 7 heteroatoms. The lowest BCUT2D eigenvalue weighted by atomic mass is 9.92.